The van der Waals surface area contributed by atoms with Crippen LogP contribution in [0.4, 0.5) is 5.95 Å². The zero-order chi connectivity index (χ0) is 13.8. The zero-order valence-electron chi connectivity index (χ0n) is 10.7. The van der Waals surface area contributed by atoms with E-state index >= 15 is 0 Å². The summed E-state index contributed by atoms with van der Waals surface area (Å²) in [5, 5.41) is 0. The molecule has 0 radical (unpaired) electrons. The average Bonchev–Trinajstić information content (AvgIpc) is 2.28. The summed E-state index contributed by atoms with van der Waals surface area (Å²) in [5.41, 5.74) is 5.31. The van der Waals surface area contributed by atoms with Crippen LogP contribution in [0.25, 0.3) is 0 Å². The number of nitrogen functional groups attached to an aromatic ring is 1. The predicted molar refractivity (Wildman–Crippen MR) is 67.3 cm³/mol. The van der Waals surface area contributed by atoms with Crippen molar-refractivity contribution in [3.63, 3.8) is 0 Å². The summed E-state index contributed by atoms with van der Waals surface area (Å²) in [6.07, 6.45) is 2.45. The predicted octanol–water partition coefficient (Wildman–Crippen LogP) is 0.104. The first-order valence-corrected chi connectivity index (χ1v) is 6.93. The molecule has 0 aliphatic heterocycles. The number of sulfonamides is 1. The highest BCUT2D eigenvalue weighted by atomic mass is 32.2. The van der Waals surface area contributed by atoms with Gasteiger partial charge in [0.2, 0.25) is 16.0 Å². The third-order valence-corrected chi connectivity index (χ3v) is 4.02. The van der Waals surface area contributed by atoms with Gasteiger partial charge in [-0.15, -0.1) is 0 Å². The van der Waals surface area contributed by atoms with E-state index in [4.69, 9.17) is 10.5 Å². The molecule has 0 unspecified atom stereocenters. The molecule has 0 saturated carbocycles. The molecule has 0 saturated heterocycles. The minimum Gasteiger partial charge on any atom is -0.377 e. The van der Waals surface area contributed by atoms with Crippen LogP contribution < -0.4 is 5.73 Å². The minimum absolute atomic E-state index is 0.0174. The highest BCUT2D eigenvalue weighted by Crippen LogP contribution is 2.12. The largest absolute Gasteiger partial charge is 0.377 e. The van der Waals surface area contributed by atoms with Crippen molar-refractivity contribution in [3.05, 3.63) is 12.4 Å². The molecule has 0 bridgehead atoms. The number of rotatable bonds is 6. The Kier molecular flexibility index (Phi) is 5.00. The lowest BCUT2D eigenvalue weighted by molar-refractivity contribution is 0.0737. The van der Waals surface area contributed by atoms with E-state index < -0.39 is 10.0 Å². The zero-order valence-corrected chi connectivity index (χ0v) is 11.5. The van der Waals surface area contributed by atoms with Crippen molar-refractivity contribution in [2.45, 2.75) is 24.8 Å². The van der Waals surface area contributed by atoms with Crippen molar-refractivity contribution in [2.24, 2.45) is 0 Å². The fourth-order valence-electron chi connectivity index (χ4n) is 1.18. The van der Waals surface area contributed by atoms with E-state index in [1.165, 1.54) is 23.7 Å². The number of hydrogen-bond acceptors (Lipinski definition) is 6. The Morgan fingerprint density at radius 1 is 1.39 bits per heavy atom. The normalized spacial score (nSPS) is 12.3. The molecule has 1 aromatic rings. The Bertz CT molecular complexity index is 472. The highest BCUT2D eigenvalue weighted by molar-refractivity contribution is 7.89. The van der Waals surface area contributed by atoms with Gasteiger partial charge in [-0.25, -0.2) is 18.4 Å². The summed E-state index contributed by atoms with van der Waals surface area (Å²) in [4.78, 5) is 7.35. The van der Waals surface area contributed by atoms with Crippen LogP contribution in [0.15, 0.2) is 17.3 Å². The number of likely N-dealkylation sites (N-methyl/N-ethyl adjacent to an activating group) is 1. The standard InChI is InChI=1S/C10H18N4O3S/c1-8(2)17-5-4-14(3)18(15,16)9-6-12-10(11)13-7-9/h6-8H,4-5H2,1-3H3,(H2,11,12,13). The quantitative estimate of drug-likeness (QED) is 0.790. The lowest BCUT2D eigenvalue weighted by Crippen LogP contribution is -2.31. The van der Waals surface area contributed by atoms with Gasteiger partial charge < -0.3 is 10.5 Å². The maximum Gasteiger partial charge on any atom is 0.245 e. The van der Waals surface area contributed by atoms with Crippen molar-refractivity contribution >= 4 is 16.0 Å². The van der Waals surface area contributed by atoms with Crippen molar-refractivity contribution < 1.29 is 13.2 Å². The van der Waals surface area contributed by atoms with E-state index in [1.54, 1.807) is 0 Å². The van der Waals surface area contributed by atoms with Crippen LogP contribution in [0.3, 0.4) is 0 Å². The molecule has 1 aromatic heterocycles. The third kappa shape index (κ3) is 3.90. The number of nitrogens with zero attached hydrogens (tertiary/aromatic N) is 3. The monoisotopic (exact) mass is 274 g/mol. The molecule has 18 heavy (non-hydrogen) atoms. The molecule has 0 aliphatic rings. The fraction of sp³-hybridized carbons (Fsp3) is 0.600. The van der Waals surface area contributed by atoms with Gasteiger partial charge in [-0.3, -0.25) is 0 Å². The minimum atomic E-state index is -3.58. The fourth-order valence-corrected chi connectivity index (χ4v) is 2.22. The van der Waals surface area contributed by atoms with Gasteiger partial charge in [-0.1, -0.05) is 0 Å². The molecule has 7 nitrogen and oxygen atoms in total. The Balaban J connectivity index is 2.71. The van der Waals surface area contributed by atoms with Crippen molar-refractivity contribution in [3.8, 4) is 0 Å². The van der Waals surface area contributed by atoms with Crippen LogP contribution >= 0.6 is 0 Å². The van der Waals surface area contributed by atoms with Crippen LogP contribution in [0.2, 0.25) is 0 Å². The molecule has 2 N–H and O–H groups in total. The number of hydrogen-bond donors (Lipinski definition) is 1. The number of anilines is 1. The molecule has 8 heteroatoms. The topological polar surface area (TPSA) is 98.4 Å². The molecular formula is C10H18N4O3S. The maximum atomic E-state index is 12.1. The van der Waals surface area contributed by atoms with Gasteiger partial charge in [0.1, 0.15) is 4.90 Å². The van der Waals surface area contributed by atoms with Crippen molar-refractivity contribution in [1.82, 2.24) is 14.3 Å². The Morgan fingerprint density at radius 3 is 2.44 bits per heavy atom. The van der Waals surface area contributed by atoms with Gasteiger partial charge in [0, 0.05) is 13.6 Å². The molecule has 1 heterocycles. The molecule has 0 amide bonds. The van der Waals surface area contributed by atoms with E-state index in [1.807, 2.05) is 13.8 Å². The van der Waals surface area contributed by atoms with E-state index in [2.05, 4.69) is 9.97 Å². The first-order chi connectivity index (χ1) is 8.34. The second kappa shape index (κ2) is 6.07. The Labute approximate surface area is 107 Å². The van der Waals surface area contributed by atoms with Gasteiger partial charge in [-0.05, 0) is 13.8 Å². The summed E-state index contributed by atoms with van der Waals surface area (Å²) in [6, 6.07) is 0. The van der Waals surface area contributed by atoms with Crippen molar-refractivity contribution in [2.75, 3.05) is 25.9 Å². The summed E-state index contributed by atoms with van der Waals surface area (Å²) < 4.78 is 30.6. The van der Waals surface area contributed by atoms with Gasteiger partial charge in [0.15, 0.2) is 0 Å². The van der Waals surface area contributed by atoms with Gasteiger partial charge in [0.25, 0.3) is 0 Å². The van der Waals surface area contributed by atoms with Crippen LogP contribution in [-0.4, -0.2) is 49.0 Å². The summed E-state index contributed by atoms with van der Waals surface area (Å²) >= 11 is 0. The average molecular weight is 274 g/mol. The second-order valence-corrected chi connectivity index (χ2v) is 6.07. The molecule has 0 aliphatic carbocycles. The smallest absolute Gasteiger partial charge is 0.245 e. The molecule has 0 atom stereocenters. The molecule has 0 fully saturated rings. The number of nitrogens with two attached hydrogens (primary N) is 1. The summed E-state index contributed by atoms with van der Waals surface area (Å²) in [7, 11) is -2.10. The van der Waals surface area contributed by atoms with Crippen LogP contribution in [-0.2, 0) is 14.8 Å². The number of ether oxygens (including phenoxy) is 1. The molecule has 0 spiro atoms. The third-order valence-electron chi connectivity index (χ3n) is 2.21. The second-order valence-electron chi connectivity index (χ2n) is 4.02. The molecular weight excluding hydrogens is 256 g/mol. The number of aromatic nitrogens is 2. The van der Waals surface area contributed by atoms with Gasteiger partial charge in [0.05, 0.1) is 25.1 Å². The first kappa shape index (κ1) is 14.8. The van der Waals surface area contributed by atoms with Gasteiger partial charge >= 0.3 is 0 Å². The lowest BCUT2D eigenvalue weighted by Gasteiger charge is -2.17. The first-order valence-electron chi connectivity index (χ1n) is 5.49. The molecule has 1 rings (SSSR count). The van der Waals surface area contributed by atoms with E-state index in [0.29, 0.717) is 6.61 Å². The van der Waals surface area contributed by atoms with Crippen molar-refractivity contribution in [1.29, 1.82) is 0 Å². The highest BCUT2D eigenvalue weighted by Gasteiger charge is 2.21. The van der Waals surface area contributed by atoms with Gasteiger partial charge in [-0.2, -0.15) is 4.31 Å². The Hall–Kier alpha value is -1.25. The van der Waals surface area contributed by atoms with E-state index in [9.17, 15) is 8.42 Å². The maximum absolute atomic E-state index is 12.1. The summed E-state index contributed by atoms with van der Waals surface area (Å²) in [5.74, 6) is 0.0414. The van der Waals surface area contributed by atoms with Crippen LogP contribution in [0.5, 0.6) is 0 Å². The Morgan fingerprint density at radius 2 is 1.94 bits per heavy atom. The van der Waals surface area contributed by atoms with E-state index in [-0.39, 0.29) is 23.5 Å². The van der Waals surface area contributed by atoms with E-state index in [0.717, 1.165) is 0 Å². The summed E-state index contributed by atoms with van der Waals surface area (Å²) in [6.45, 7) is 4.39. The van der Waals surface area contributed by atoms with Crippen LogP contribution in [0, 0.1) is 0 Å². The SMILES string of the molecule is CC(C)OCCN(C)S(=O)(=O)c1cnc(N)nc1. The lowest BCUT2D eigenvalue weighted by atomic mass is 10.5. The molecule has 0 aromatic carbocycles. The van der Waals surface area contributed by atoms with Crippen LogP contribution in [0.1, 0.15) is 13.8 Å². The molecule has 102 valence electrons.